The predicted octanol–water partition coefficient (Wildman–Crippen LogP) is 2.12. The van der Waals surface area contributed by atoms with Crippen molar-refractivity contribution in [1.82, 2.24) is 19.9 Å². The van der Waals surface area contributed by atoms with Gasteiger partial charge in [0.05, 0.1) is 6.20 Å². The van der Waals surface area contributed by atoms with Crippen LogP contribution in [0, 0.1) is 6.92 Å². The number of alkyl halides is 2. The lowest BCUT2D eigenvalue weighted by Crippen LogP contribution is -2.24. The van der Waals surface area contributed by atoms with Crippen molar-refractivity contribution >= 4 is 11.6 Å². The number of hydrogen-bond donors (Lipinski definition) is 1. The highest BCUT2D eigenvalue weighted by Crippen LogP contribution is 2.21. The zero-order valence-electron chi connectivity index (χ0n) is 10.7. The quantitative estimate of drug-likeness (QED) is 0.924. The van der Waals surface area contributed by atoms with Gasteiger partial charge in [-0.15, -0.1) is 0 Å². The van der Waals surface area contributed by atoms with Crippen LogP contribution < -0.4 is 5.32 Å². The van der Waals surface area contributed by atoms with Crippen molar-refractivity contribution in [2.45, 2.75) is 26.7 Å². The van der Waals surface area contributed by atoms with Gasteiger partial charge in [0.2, 0.25) is 0 Å². The van der Waals surface area contributed by atoms with E-state index >= 15 is 0 Å². The molecule has 0 fully saturated rings. The highest BCUT2D eigenvalue weighted by molar-refractivity contribution is 5.99. The number of nitrogens with one attached hydrogen (secondary N) is 1. The van der Waals surface area contributed by atoms with Crippen LogP contribution in [0.2, 0.25) is 0 Å². The van der Waals surface area contributed by atoms with Crippen molar-refractivity contribution in [3.8, 4) is 0 Å². The van der Waals surface area contributed by atoms with Gasteiger partial charge in [0.25, 0.3) is 12.3 Å². The SMILES string of the molecule is CCCNC(=O)c1cnn2c(C(F)F)cc(C)nc12. The Morgan fingerprint density at radius 2 is 2.26 bits per heavy atom. The lowest BCUT2D eigenvalue weighted by Gasteiger charge is -2.06. The van der Waals surface area contributed by atoms with E-state index < -0.39 is 6.43 Å². The van der Waals surface area contributed by atoms with E-state index in [2.05, 4.69) is 15.4 Å². The Kier molecular flexibility index (Phi) is 3.73. The summed E-state index contributed by atoms with van der Waals surface area (Å²) in [6, 6.07) is 1.26. The molecule has 0 aromatic carbocycles. The van der Waals surface area contributed by atoms with Crippen molar-refractivity contribution in [2.24, 2.45) is 0 Å². The average molecular weight is 268 g/mol. The second-order valence-corrected chi connectivity index (χ2v) is 4.17. The molecule has 0 aliphatic carbocycles. The minimum atomic E-state index is -2.67. The van der Waals surface area contributed by atoms with E-state index in [4.69, 9.17) is 0 Å². The number of amides is 1. The second-order valence-electron chi connectivity index (χ2n) is 4.17. The van der Waals surface area contributed by atoms with E-state index in [9.17, 15) is 13.6 Å². The maximum absolute atomic E-state index is 12.9. The molecule has 0 spiro atoms. The highest BCUT2D eigenvalue weighted by Gasteiger charge is 2.19. The van der Waals surface area contributed by atoms with Gasteiger partial charge in [0.1, 0.15) is 11.3 Å². The van der Waals surface area contributed by atoms with Crippen molar-refractivity contribution in [3.63, 3.8) is 0 Å². The first kappa shape index (κ1) is 13.4. The molecule has 1 N–H and O–H groups in total. The predicted molar refractivity (Wildman–Crippen MR) is 65.3 cm³/mol. The Bertz CT molecular complexity index is 609. The summed E-state index contributed by atoms with van der Waals surface area (Å²) < 4.78 is 26.8. The van der Waals surface area contributed by atoms with Gasteiger partial charge < -0.3 is 5.32 Å². The summed E-state index contributed by atoms with van der Waals surface area (Å²) in [5.74, 6) is -0.352. The standard InChI is InChI=1S/C12H14F2N4O/c1-3-4-15-12(19)8-6-16-18-9(10(13)14)5-7(2)17-11(8)18/h5-6,10H,3-4H2,1-2H3,(H,15,19). The molecule has 0 atom stereocenters. The molecule has 0 radical (unpaired) electrons. The molecule has 0 aliphatic heterocycles. The molecule has 102 valence electrons. The van der Waals surface area contributed by atoms with Gasteiger partial charge in [-0.2, -0.15) is 5.10 Å². The lowest BCUT2D eigenvalue weighted by atomic mass is 10.3. The second kappa shape index (κ2) is 5.29. The summed E-state index contributed by atoms with van der Waals surface area (Å²) >= 11 is 0. The minimum Gasteiger partial charge on any atom is -0.352 e. The monoisotopic (exact) mass is 268 g/mol. The van der Waals surface area contributed by atoms with E-state index in [0.717, 1.165) is 10.9 Å². The summed E-state index contributed by atoms with van der Waals surface area (Å²) in [7, 11) is 0. The molecule has 0 saturated heterocycles. The van der Waals surface area contributed by atoms with E-state index in [1.165, 1.54) is 12.3 Å². The van der Waals surface area contributed by atoms with Gasteiger partial charge in [-0.05, 0) is 19.4 Å². The maximum atomic E-state index is 12.9. The first-order chi connectivity index (χ1) is 9.04. The number of carbonyl (C=O) groups is 1. The molecule has 2 heterocycles. The Balaban J connectivity index is 2.50. The molecule has 19 heavy (non-hydrogen) atoms. The summed E-state index contributed by atoms with van der Waals surface area (Å²) in [4.78, 5) is 16.0. The van der Waals surface area contributed by atoms with Crippen molar-refractivity contribution in [2.75, 3.05) is 6.54 Å². The molecule has 1 amide bonds. The highest BCUT2D eigenvalue weighted by atomic mass is 19.3. The Morgan fingerprint density at radius 3 is 2.89 bits per heavy atom. The lowest BCUT2D eigenvalue weighted by molar-refractivity contribution is 0.0955. The fraction of sp³-hybridized carbons (Fsp3) is 0.417. The largest absolute Gasteiger partial charge is 0.352 e. The Labute approximate surface area is 108 Å². The summed E-state index contributed by atoms with van der Waals surface area (Å²) in [5.41, 5.74) is 0.521. The van der Waals surface area contributed by atoms with Crippen LogP contribution in [0.3, 0.4) is 0 Å². The summed E-state index contributed by atoms with van der Waals surface area (Å²) in [5, 5.41) is 6.50. The van der Waals surface area contributed by atoms with Gasteiger partial charge in [-0.3, -0.25) is 4.79 Å². The number of halogens is 2. The topological polar surface area (TPSA) is 59.3 Å². The molecule has 2 aromatic heterocycles. The number of aryl methyl sites for hydroxylation is 1. The number of rotatable bonds is 4. The van der Waals surface area contributed by atoms with Crippen molar-refractivity contribution in [3.05, 3.63) is 29.2 Å². The summed E-state index contributed by atoms with van der Waals surface area (Å²) in [6.07, 6.45) is -0.617. The maximum Gasteiger partial charge on any atom is 0.280 e. The molecular formula is C12H14F2N4O. The van der Waals surface area contributed by atoms with E-state index in [-0.39, 0.29) is 22.8 Å². The average Bonchev–Trinajstić information content (AvgIpc) is 2.78. The van der Waals surface area contributed by atoms with Crippen LogP contribution in [-0.2, 0) is 0 Å². The normalized spacial score (nSPS) is 11.2. The fourth-order valence-corrected chi connectivity index (χ4v) is 1.76. The number of aromatic nitrogens is 3. The number of nitrogens with zero attached hydrogens (tertiary/aromatic N) is 3. The van der Waals surface area contributed by atoms with Crippen LogP contribution in [0.15, 0.2) is 12.3 Å². The van der Waals surface area contributed by atoms with Crippen LogP contribution in [0.5, 0.6) is 0 Å². The minimum absolute atomic E-state index is 0.156. The molecule has 0 unspecified atom stereocenters. The van der Waals surface area contributed by atoms with Crippen LogP contribution in [-0.4, -0.2) is 27.0 Å². The molecule has 0 bridgehead atoms. The Morgan fingerprint density at radius 1 is 1.53 bits per heavy atom. The van der Waals surface area contributed by atoms with Gasteiger partial charge in [-0.25, -0.2) is 18.3 Å². The first-order valence-electron chi connectivity index (χ1n) is 5.96. The smallest absolute Gasteiger partial charge is 0.280 e. The van der Waals surface area contributed by atoms with Crippen LogP contribution in [0.25, 0.3) is 5.65 Å². The third-order valence-corrected chi connectivity index (χ3v) is 2.63. The van der Waals surface area contributed by atoms with Gasteiger partial charge in [0.15, 0.2) is 5.65 Å². The van der Waals surface area contributed by atoms with Gasteiger partial charge in [0, 0.05) is 12.2 Å². The fourth-order valence-electron chi connectivity index (χ4n) is 1.76. The molecule has 2 rings (SSSR count). The summed E-state index contributed by atoms with van der Waals surface area (Å²) in [6.45, 7) is 4.05. The van der Waals surface area contributed by atoms with Crippen LogP contribution in [0.1, 0.15) is 41.5 Å². The van der Waals surface area contributed by atoms with Crippen LogP contribution in [0.4, 0.5) is 8.78 Å². The molecule has 7 heteroatoms. The Hall–Kier alpha value is -2.05. The van der Waals surface area contributed by atoms with Gasteiger partial charge in [-0.1, -0.05) is 6.92 Å². The van der Waals surface area contributed by atoms with Crippen LogP contribution >= 0.6 is 0 Å². The molecular weight excluding hydrogens is 254 g/mol. The van der Waals surface area contributed by atoms with Gasteiger partial charge >= 0.3 is 0 Å². The third kappa shape index (κ3) is 2.54. The van der Waals surface area contributed by atoms with Crippen molar-refractivity contribution in [1.29, 1.82) is 0 Å². The molecule has 0 saturated carbocycles. The number of carbonyl (C=O) groups excluding carboxylic acids is 1. The third-order valence-electron chi connectivity index (χ3n) is 2.63. The van der Waals surface area contributed by atoms with E-state index in [1.807, 2.05) is 6.92 Å². The number of hydrogen-bond acceptors (Lipinski definition) is 3. The number of fused-ring (bicyclic) bond motifs is 1. The van der Waals surface area contributed by atoms with Crippen molar-refractivity contribution < 1.29 is 13.6 Å². The zero-order valence-corrected chi connectivity index (χ0v) is 10.7. The molecule has 5 nitrogen and oxygen atoms in total. The zero-order chi connectivity index (χ0) is 14.0. The molecule has 0 aliphatic rings. The molecule has 2 aromatic rings. The van der Waals surface area contributed by atoms with E-state index in [0.29, 0.717) is 12.2 Å². The first-order valence-corrected chi connectivity index (χ1v) is 5.96. The van der Waals surface area contributed by atoms with E-state index in [1.54, 1.807) is 6.92 Å².